The topological polar surface area (TPSA) is 116 Å². The number of nitrogens with one attached hydrogen (secondary N) is 2. The van der Waals surface area contributed by atoms with Crippen LogP contribution in [0.5, 0.6) is 0 Å². The van der Waals surface area contributed by atoms with E-state index in [0.717, 1.165) is 56.3 Å². The van der Waals surface area contributed by atoms with Crippen LogP contribution in [0, 0.1) is 0 Å². The third-order valence-corrected chi connectivity index (χ3v) is 6.18. The van der Waals surface area contributed by atoms with E-state index in [0.29, 0.717) is 24.6 Å². The SMILES string of the molecule is CCCn1c(=O)nc(NCCO)c2[nH]c(C34CCC(O)(CC3)CC4)nc21. The highest BCUT2D eigenvalue weighted by Gasteiger charge is 2.50. The average Bonchev–Trinajstić information content (AvgIpc) is 3.10. The predicted octanol–water partition coefficient (Wildman–Crippen LogP) is 1.27. The van der Waals surface area contributed by atoms with E-state index in [4.69, 9.17) is 10.1 Å². The van der Waals surface area contributed by atoms with Gasteiger partial charge in [-0.2, -0.15) is 4.98 Å². The third kappa shape index (κ3) is 2.72. The standard InChI is InChI=1S/C18H27N5O3/c1-2-10-23-14-12(13(19-9-11-24)21-16(23)25)20-15(22-14)17-3-6-18(26,7-4-17)8-5-17/h24,26H,2-11H2,1H3,(H,20,22)(H,19,21,25). The lowest BCUT2D eigenvalue weighted by molar-refractivity contribution is -0.0677. The number of aliphatic hydroxyl groups excluding tert-OH is 1. The van der Waals surface area contributed by atoms with Crippen molar-refractivity contribution in [2.75, 3.05) is 18.5 Å². The summed E-state index contributed by atoms with van der Waals surface area (Å²) in [7, 11) is 0. The van der Waals surface area contributed by atoms with Gasteiger partial charge in [0.15, 0.2) is 11.5 Å². The fourth-order valence-electron chi connectivity index (χ4n) is 4.53. The summed E-state index contributed by atoms with van der Waals surface area (Å²) in [5.41, 5.74) is 0.487. The predicted molar refractivity (Wildman–Crippen MR) is 98.3 cm³/mol. The van der Waals surface area contributed by atoms with Gasteiger partial charge in [-0.05, 0) is 44.9 Å². The van der Waals surface area contributed by atoms with Crippen molar-refractivity contribution in [1.82, 2.24) is 19.5 Å². The molecule has 0 atom stereocenters. The lowest BCUT2D eigenvalue weighted by Crippen LogP contribution is -2.48. The van der Waals surface area contributed by atoms with Gasteiger partial charge in [0.1, 0.15) is 11.3 Å². The zero-order chi connectivity index (χ0) is 18.4. The summed E-state index contributed by atoms with van der Waals surface area (Å²) in [5.74, 6) is 1.35. The Kier molecular flexibility index (Phi) is 4.27. The van der Waals surface area contributed by atoms with Crippen LogP contribution in [0.1, 0.15) is 57.7 Å². The molecule has 0 aromatic carbocycles. The molecule has 4 N–H and O–H groups in total. The highest BCUT2D eigenvalue weighted by Crippen LogP contribution is 2.53. The molecule has 0 aliphatic heterocycles. The molecule has 8 heteroatoms. The van der Waals surface area contributed by atoms with Gasteiger partial charge in [-0.1, -0.05) is 6.92 Å². The molecule has 0 radical (unpaired) electrons. The van der Waals surface area contributed by atoms with Crippen molar-refractivity contribution in [3.8, 4) is 0 Å². The molecule has 2 heterocycles. The first-order valence-electron chi connectivity index (χ1n) is 9.58. The number of nitrogens with zero attached hydrogens (tertiary/aromatic N) is 3. The van der Waals surface area contributed by atoms with Crippen LogP contribution in [0.4, 0.5) is 5.82 Å². The van der Waals surface area contributed by atoms with E-state index in [1.807, 2.05) is 6.92 Å². The molecular formula is C18H27N5O3. The van der Waals surface area contributed by atoms with Gasteiger partial charge in [-0.3, -0.25) is 4.57 Å². The zero-order valence-corrected chi connectivity index (χ0v) is 15.2. The van der Waals surface area contributed by atoms with Crippen molar-refractivity contribution >= 4 is 17.0 Å². The van der Waals surface area contributed by atoms with E-state index in [2.05, 4.69) is 15.3 Å². The number of aromatic amines is 1. The molecule has 5 rings (SSSR count). The van der Waals surface area contributed by atoms with Gasteiger partial charge in [0.05, 0.1) is 12.2 Å². The minimum atomic E-state index is -0.493. The first kappa shape index (κ1) is 17.5. The highest BCUT2D eigenvalue weighted by molar-refractivity contribution is 5.83. The maximum absolute atomic E-state index is 12.5. The second-order valence-electron chi connectivity index (χ2n) is 7.83. The second-order valence-corrected chi connectivity index (χ2v) is 7.83. The average molecular weight is 361 g/mol. The lowest BCUT2D eigenvalue weighted by atomic mass is 9.58. The van der Waals surface area contributed by atoms with Crippen LogP contribution in [0.2, 0.25) is 0 Å². The molecule has 8 nitrogen and oxygen atoms in total. The Bertz CT molecular complexity index is 847. The number of aliphatic hydroxyl groups is 2. The summed E-state index contributed by atoms with van der Waals surface area (Å²) in [4.78, 5) is 24.9. The molecule has 3 aliphatic carbocycles. The molecule has 0 spiro atoms. The number of anilines is 1. The number of hydrogen-bond donors (Lipinski definition) is 4. The minimum absolute atomic E-state index is 0.0370. The van der Waals surface area contributed by atoms with Gasteiger partial charge in [0.25, 0.3) is 0 Å². The maximum Gasteiger partial charge on any atom is 0.351 e. The number of imidazole rings is 1. The second kappa shape index (κ2) is 6.35. The number of aromatic nitrogens is 4. The molecule has 3 saturated carbocycles. The van der Waals surface area contributed by atoms with Crippen molar-refractivity contribution in [1.29, 1.82) is 0 Å². The Morgan fingerprint density at radius 2 is 1.88 bits per heavy atom. The van der Waals surface area contributed by atoms with Crippen LogP contribution < -0.4 is 11.0 Å². The quantitative estimate of drug-likeness (QED) is 0.616. The number of rotatable bonds is 6. The summed E-state index contributed by atoms with van der Waals surface area (Å²) in [5, 5.41) is 22.6. The maximum atomic E-state index is 12.5. The van der Waals surface area contributed by atoms with E-state index >= 15 is 0 Å². The number of hydrogen-bond acceptors (Lipinski definition) is 6. The lowest BCUT2D eigenvalue weighted by Gasteiger charge is -2.49. The van der Waals surface area contributed by atoms with Crippen LogP contribution in [0.3, 0.4) is 0 Å². The van der Waals surface area contributed by atoms with Gasteiger partial charge in [0.2, 0.25) is 0 Å². The Hall–Kier alpha value is -1.93. The first-order valence-corrected chi connectivity index (χ1v) is 9.58. The van der Waals surface area contributed by atoms with Gasteiger partial charge >= 0.3 is 5.69 Å². The largest absolute Gasteiger partial charge is 0.395 e. The van der Waals surface area contributed by atoms with E-state index in [1.54, 1.807) is 4.57 Å². The molecule has 2 bridgehead atoms. The monoisotopic (exact) mass is 361 g/mol. The van der Waals surface area contributed by atoms with Gasteiger partial charge in [0, 0.05) is 18.5 Å². The molecule has 3 aliphatic rings. The van der Waals surface area contributed by atoms with Crippen molar-refractivity contribution < 1.29 is 10.2 Å². The molecule has 2 aromatic heterocycles. The fraction of sp³-hybridized carbons (Fsp3) is 0.722. The van der Waals surface area contributed by atoms with Crippen molar-refractivity contribution in [3.05, 3.63) is 16.3 Å². The van der Waals surface area contributed by atoms with Crippen LogP contribution in [0.25, 0.3) is 11.2 Å². The van der Waals surface area contributed by atoms with E-state index in [9.17, 15) is 9.90 Å². The molecular weight excluding hydrogens is 334 g/mol. The first-order chi connectivity index (χ1) is 12.5. The summed E-state index contributed by atoms with van der Waals surface area (Å²) < 4.78 is 1.62. The Labute approximate surface area is 151 Å². The van der Waals surface area contributed by atoms with E-state index in [-0.39, 0.29) is 17.7 Å². The number of aryl methyl sites for hydroxylation is 1. The van der Waals surface area contributed by atoms with Crippen molar-refractivity contribution in [2.24, 2.45) is 0 Å². The molecule has 2 aromatic rings. The van der Waals surface area contributed by atoms with Crippen LogP contribution in [-0.4, -0.2) is 48.5 Å². The number of fused-ring (bicyclic) bond motifs is 4. The molecule has 0 saturated heterocycles. The van der Waals surface area contributed by atoms with Crippen molar-refractivity contribution in [3.63, 3.8) is 0 Å². The summed E-state index contributed by atoms with van der Waals surface area (Å²) in [6.45, 7) is 2.88. The van der Waals surface area contributed by atoms with Crippen LogP contribution in [-0.2, 0) is 12.0 Å². The Morgan fingerprint density at radius 1 is 1.19 bits per heavy atom. The summed E-state index contributed by atoms with van der Waals surface area (Å²) in [6, 6.07) is 0. The van der Waals surface area contributed by atoms with Gasteiger partial charge in [-0.25, -0.2) is 9.78 Å². The Morgan fingerprint density at radius 3 is 2.50 bits per heavy atom. The molecule has 3 fully saturated rings. The van der Waals surface area contributed by atoms with Crippen LogP contribution >= 0.6 is 0 Å². The molecule has 0 amide bonds. The smallest absolute Gasteiger partial charge is 0.351 e. The van der Waals surface area contributed by atoms with Gasteiger partial charge in [-0.15, -0.1) is 0 Å². The third-order valence-electron chi connectivity index (χ3n) is 6.18. The van der Waals surface area contributed by atoms with Crippen LogP contribution in [0.15, 0.2) is 4.79 Å². The molecule has 142 valence electrons. The van der Waals surface area contributed by atoms with E-state index in [1.165, 1.54) is 0 Å². The van der Waals surface area contributed by atoms with Crippen molar-refractivity contribution in [2.45, 2.75) is 69.4 Å². The summed E-state index contributed by atoms with van der Waals surface area (Å²) in [6.07, 6.45) is 5.97. The summed E-state index contributed by atoms with van der Waals surface area (Å²) >= 11 is 0. The number of H-pyrrole nitrogens is 1. The highest BCUT2D eigenvalue weighted by atomic mass is 16.3. The zero-order valence-electron chi connectivity index (χ0n) is 15.2. The Balaban J connectivity index is 1.82. The molecule has 0 unspecified atom stereocenters. The van der Waals surface area contributed by atoms with Gasteiger partial charge < -0.3 is 20.5 Å². The van der Waals surface area contributed by atoms with E-state index < -0.39 is 5.60 Å². The fourth-order valence-corrected chi connectivity index (χ4v) is 4.53. The minimum Gasteiger partial charge on any atom is -0.395 e. The molecule has 26 heavy (non-hydrogen) atoms. The normalized spacial score (nSPS) is 28.0.